The minimum Gasteiger partial charge on any atom is -0.397 e. The van der Waals surface area contributed by atoms with Crippen molar-refractivity contribution in [2.45, 2.75) is 10.9 Å². The molecular weight excluding hydrogens is 448 g/mol. The molecule has 3 rings (SSSR count). The van der Waals surface area contributed by atoms with E-state index < -0.39 is 15.9 Å². The predicted octanol–water partition coefficient (Wildman–Crippen LogP) is 1.23. The molecule has 1 aliphatic rings. The number of anilines is 3. The van der Waals surface area contributed by atoms with Crippen molar-refractivity contribution in [3.8, 4) is 12.3 Å². The molecule has 0 saturated carbocycles. The Bertz CT molecular complexity index is 1210. The van der Waals surface area contributed by atoms with Gasteiger partial charge in [-0.15, -0.1) is 0 Å². The summed E-state index contributed by atoms with van der Waals surface area (Å²) in [5.74, 6) is 0.297. The Kier molecular flexibility index (Phi) is 4.85. The fourth-order valence-electron chi connectivity index (χ4n) is 2.81. The van der Waals surface area contributed by atoms with Crippen LogP contribution in [0.4, 0.5) is 17.3 Å². The number of halogens is 1. The van der Waals surface area contributed by atoms with Crippen LogP contribution < -0.4 is 22.1 Å². The predicted molar refractivity (Wildman–Crippen MR) is 107 cm³/mol. The lowest BCUT2D eigenvalue weighted by Crippen LogP contribution is -2.32. The number of hydrogen-bond donors (Lipinski definition) is 4. The summed E-state index contributed by atoms with van der Waals surface area (Å²) in [7, 11) is -3.43. The number of nitrogen functional groups attached to an aromatic ring is 2. The SMILES string of the molecule is CS(=O)(=O)c1ccc(C2N=C(NC#N)Nc3nc(N)c(C#N)c(N)c32)cc1Br. The number of sulfone groups is 1. The molecule has 2 aromatic rings. The summed E-state index contributed by atoms with van der Waals surface area (Å²) < 4.78 is 24.1. The molecule has 1 aromatic heterocycles. The lowest BCUT2D eigenvalue weighted by atomic mass is 9.95. The number of aliphatic imine (C=N–C) groups is 1. The van der Waals surface area contributed by atoms with Gasteiger partial charge in [-0.05, 0) is 33.6 Å². The first-order chi connectivity index (χ1) is 13.2. The summed E-state index contributed by atoms with van der Waals surface area (Å²) in [5.41, 5.74) is 13.0. The smallest absolute Gasteiger partial charge is 0.211 e. The molecule has 0 aliphatic carbocycles. The topological polar surface area (TPSA) is 183 Å². The first kappa shape index (κ1) is 19.4. The molecule has 142 valence electrons. The van der Waals surface area contributed by atoms with Crippen LogP contribution in [-0.2, 0) is 9.84 Å². The molecule has 2 heterocycles. The van der Waals surface area contributed by atoms with Crippen molar-refractivity contribution >= 4 is 49.0 Å². The highest BCUT2D eigenvalue weighted by atomic mass is 79.9. The van der Waals surface area contributed by atoms with Gasteiger partial charge in [0.15, 0.2) is 16.0 Å². The average Bonchev–Trinajstić information content (AvgIpc) is 2.60. The largest absolute Gasteiger partial charge is 0.397 e. The zero-order chi connectivity index (χ0) is 20.6. The first-order valence-corrected chi connectivity index (χ1v) is 10.3. The van der Waals surface area contributed by atoms with Gasteiger partial charge in [0.05, 0.1) is 10.6 Å². The van der Waals surface area contributed by atoms with Crippen molar-refractivity contribution in [2.24, 2.45) is 4.99 Å². The Morgan fingerprint density at radius 1 is 1.32 bits per heavy atom. The summed E-state index contributed by atoms with van der Waals surface area (Å²) in [6.07, 6.45) is 2.86. The summed E-state index contributed by atoms with van der Waals surface area (Å²) in [5, 5.41) is 23.4. The zero-order valence-electron chi connectivity index (χ0n) is 14.4. The number of rotatable bonds is 2. The summed E-state index contributed by atoms with van der Waals surface area (Å²) in [4.78, 5) is 8.69. The van der Waals surface area contributed by atoms with Crippen LogP contribution in [0.15, 0.2) is 32.6 Å². The van der Waals surface area contributed by atoms with Crippen molar-refractivity contribution in [1.29, 1.82) is 10.5 Å². The number of nitrogens with one attached hydrogen (secondary N) is 2. The van der Waals surface area contributed by atoms with Gasteiger partial charge in [0, 0.05) is 16.3 Å². The van der Waals surface area contributed by atoms with E-state index in [-0.39, 0.29) is 33.7 Å². The highest BCUT2D eigenvalue weighted by Crippen LogP contribution is 2.41. The second kappa shape index (κ2) is 6.99. The number of nitrogens with two attached hydrogens (primary N) is 2. The van der Waals surface area contributed by atoms with Crippen LogP contribution in [0.25, 0.3) is 0 Å². The van der Waals surface area contributed by atoms with E-state index in [1.165, 1.54) is 6.07 Å². The number of nitrogens with zero attached hydrogens (tertiary/aromatic N) is 4. The fourth-order valence-corrected chi connectivity index (χ4v) is 4.82. The Balaban J connectivity index is 2.25. The molecule has 1 aromatic carbocycles. The number of nitriles is 2. The number of benzene rings is 1. The second-order valence-electron chi connectivity index (χ2n) is 5.86. The Morgan fingerprint density at radius 2 is 2.04 bits per heavy atom. The lowest BCUT2D eigenvalue weighted by molar-refractivity contribution is 0.601. The van der Waals surface area contributed by atoms with Gasteiger partial charge in [0.1, 0.15) is 29.3 Å². The average molecular weight is 461 g/mol. The molecule has 6 N–H and O–H groups in total. The molecule has 12 heteroatoms. The van der Waals surface area contributed by atoms with Crippen molar-refractivity contribution < 1.29 is 8.42 Å². The van der Waals surface area contributed by atoms with Crippen LogP contribution in [0.1, 0.15) is 22.7 Å². The van der Waals surface area contributed by atoms with E-state index >= 15 is 0 Å². The number of fused-ring (bicyclic) bond motifs is 1. The Labute approximate surface area is 168 Å². The minimum absolute atomic E-state index is 0.0178. The van der Waals surface area contributed by atoms with Crippen LogP contribution in [0.2, 0.25) is 0 Å². The van der Waals surface area contributed by atoms with E-state index in [4.69, 9.17) is 16.7 Å². The number of guanidine groups is 1. The lowest BCUT2D eigenvalue weighted by Gasteiger charge is -2.26. The van der Waals surface area contributed by atoms with Gasteiger partial charge >= 0.3 is 0 Å². The normalized spacial score (nSPS) is 15.4. The van der Waals surface area contributed by atoms with Gasteiger partial charge in [-0.25, -0.2) is 18.4 Å². The molecule has 0 spiro atoms. The van der Waals surface area contributed by atoms with Gasteiger partial charge in [-0.1, -0.05) is 6.07 Å². The van der Waals surface area contributed by atoms with Gasteiger partial charge < -0.3 is 16.8 Å². The highest BCUT2D eigenvalue weighted by molar-refractivity contribution is 9.10. The molecule has 1 unspecified atom stereocenters. The van der Waals surface area contributed by atoms with E-state index in [1.54, 1.807) is 18.3 Å². The fraction of sp³-hybridized carbons (Fsp3) is 0.125. The maximum Gasteiger partial charge on any atom is 0.211 e. The molecule has 0 radical (unpaired) electrons. The summed E-state index contributed by atoms with van der Waals surface area (Å²) >= 11 is 3.26. The Hall–Kier alpha value is -3.35. The van der Waals surface area contributed by atoms with Crippen molar-refractivity contribution in [3.63, 3.8) is 0 Å². The van der Waals surface area contributed by atoms with Gasteiger partial charge in [0.2, 0.25) is 5.96 Å². The highest BCUT2D eigenvalue weighted by Gasteiger charge is 2.30. The molecule has 1 aliphatic heterocycles. The molecular formula is C16H13BrN8O2S. The van der Waals surface area contributed by atoms with Gasteiger partial charge in [-0.2, -0.15) is 10.5 Å². The van der Waals surface area contributed by atoms with E-state index in [2.05, 4.69) is 36.5 Å². The molecule has 28 heavy (non-hydrogen) atoms. The van der Waals surface area contributed by atoms with Crippen LogP contribution >= 0.6 is 15.9 Å². The number of aromatic nitrogens is 1. The summed E-state index contributed by atoms with van der Waals surface area (Å²) in [6, 6.07) is 5.77. The van der Waals surface area contributed by atoms with Gasteiger partial charge in [-0.3, -0.25) is 5.32 Å². The summed E-state index contributed by atoms with van der Waals surface area (Å²) in [6.45, 7) is 0. The third kappa shape index (κ3) is 3.31. The Morgan fingerprint density at radius 3 is 2.61 bits per heavy atom. The van der Waals surface area contributed by atoms with E-state index in [1.807, 2.05) is 6.07 Å². The monoisotopic (exact) mass is 460 g/mol. The minimum atomic E-state index is -3.43. The maximum absolute atomic E-state index is 11.9. The third-order valence-electron chi connectivity index (χ3n) is 4.03. The molecule has 0 bridgehead atoms. The molecule has 0 fully saturated rings. The third-order valence-corrected chi connectivity index (χ3v) is 6.10. The van der Waals surface area contributed by atoms with Crippen LogP contribution in [0.5, 0.6) is 0 Å². The zero-order valence-corrected chi connectivity index (χ0v) is 16.8. The first-order valence-electron chi connectivity index (χ1n) is 7.65. The van der Waals surface area contributed by atoms with Crippen molar-refractivity contribution in [1.82, 2.24) is 10.3 Å². The molecule has 1 atom stereocenters. The van der Waals surface area contributed by atoms with Crippen LogP contribution in [0.3, 0.4) is 0 Å². The number of pyridine rings is 1. The second-order valence-corrected chi connectivity index (χ2v) is 8.70. The van der Waals surface area contributed by atoms with Crippen molar-refractivity contribution in [2.75, 3.05) is 23.0 Å². The quantitative estimate of drug-likeness (QED) is 0.377. The standard InChI is InChI=1S/C16H13BrN8O2S/c1-28(26,27)10-3-2-7(4-9(10)17)13-11-12(20)8(5-18)14(21)24-15(11)25-16(23-13)22-6-19/h2-4,13H,1H3,(H6,20,21,22,23,24,25). The van der Waals surface area contributed by atoms with E-state index in [9.17, 15) is 13.7 Å². The van der Waals surface area contributed by atoms with E-state index in [0.29, 0.717) is 15.6 Å². The molecule has 0 amide bonds. The van der Waals surface area contributed by atoms with Crippen LogP contribution in [0, 0.1) is 22.8 Å². The van der Waals surface area contributed by atoms with Crippen LogP contribution in [-0.4, -0.2) is 25.6 Å². The van der Waals surface area contributed by atoms with Gasteiger partial charge in [0.25, 0.3) is 0 Å². The molecule has 0 saturated heterocycles. The number of hydrogen-bond acceptors (Lipinski definition) is 10. The van der Waals surface area contributed by atoms with Crippen molar-refractivity contribution in [3.05, 3.63) is 39.4 Å². The van der Waals surface area contributed by atoms with E-state index in [0.717, 1.165) is 6.26 Å². The maximum atomic E-state index is 11.9. The molecule has 10 nitrogen and oxygen atoms in total.